The molecule has 1 amide bonds. The smallest absolute Gasteiger partial charge is 0.412 e. The number of rotatable bonds is 8. The molecule has 3 aromatic carbocycles. The molecule has 0 spiro atoms. The van der Waals surface area contributed by atoms with Gasteiger partial charge < -0.3 is 19.7 Å². The number of aliphatic hydroxyl groups excluding tert-OH is 1. The average Bonchev–Trinajstić information content (AvgIpc) is 2.75. The van der Waals surface area contributed by atoms with Gasteiger partial charge in [-0.3, -0.25) is 5.32 Å². The molecule has 8 heteroatoms. The normalized spacial score (nSPS) is 13.0. The maximum Gasteiger partial charge on any atom is 0.412 e. The van der Waals surface area contributed by atoms with Crippen LogP contribution in [0.15, 0.2) is 63.5 Å². The van der Waals surface area contributed by atoms with E-state index in [2.05, 4.69) is 37.2 Å². The predicted octanol–water partition coefficient (Wildman–Crippen LogP) is 6.15. The lowest BCUT2D eigenvalue weighted by molar-refractivity contribution is -0.0491. The van der Waals surface area contributed by atoms with E-state index < -0.39 is 18.3 Å². The second-order valence-electron chi connectivity index (χ2n) is 6.81. The summed E-state index contributed by atoms with van der Waals surface area (Å²) in [5.74, 6) is -0.0613. The molecule has 0 unspecified atom stereocenters. The number of fused-ring (bicyclic) bond motifs is 1. The molecule has 0 aromatic heterocycles. The first-order valence-corrected chi connectivity index (χ1v) is 11.4. The van der Waals surface area contributed by atoms with Crippen LogP contribution in [0.5, 0.6) is 5.75 Å². The van der Waals surface area contributed by atoms with Crippen LogP contribution < -0.4 is 5.32 Å². The first kappa shape index (κ1) is 23.5. The largest absolute Gasteiger partial charge is 0.506 e. The number of phenolic OH excluding ortho intramolecular Hbond substituents is 1. The Morgan fingerprint density at radius 3 is 2.61 bits per heavy atom. The summed E-state index contributed by atoms with van der Waals surface area (Å²) in [5.41, 5.74) is 0.970. The van der Waals surface area contributed by atoms with Crippen molar-refractivity contribution in [2.24, 2.45) is 0 Å². The number of phenols is 1. The van der Waals surface area contributed by atoms with E-state index in [9.17, 15) is 15.0 Å². The summed E-state index contributed by atoms with van der Waals surface area (Å²) >= 11 is 6.72. The Morgan fingerprint density at radius 2 is 1.87 bits per heavy atom. The van der Waals surface area contributed by atoms with Crippen molar-refractivity contribution in [3.8, 4) is 5.75 Å². The molecule has 3 rings (SSSR count). The summed E-state index contributed by atoms with van der Waals surface area (Å²) in [7, 11) is 0. The number of hydrogen-bond acceptors (Lipinski definition) is 5. The van der Waals surface area contributed by atoms with Gasteiger partial charge in [-0.05, 0) is 46.4 Å². The van der Waals surface area contributed by atoms with Gasteiger partial charge in [0.05, 0.1) is 10.2 Å². The Balaban J connectivity index is 1.93. The third-order valence-electron chi connectivity index (χ3n) is 4.76. The van der Waals surface area contributed by atoms with Crippen LogP contribution in [0.3, 0.4) is 0 Å². The topological polar surface area (TPSA) is 88.0 Å². The molecule has 3 aromatic rings. The second kappa shape index (κ2) is 10.9. The zero-order chi connectivity index (χ0) is 22.4. The first-order valence-electron chi connectivity index (χ1n) is 9.80. The number of ether oxygens (including phenoxy) is 2. The SMILES string of the molecule is CCO[C@@H](CCO)[C@@H](OC(=O)Nc1cccc2ccccc12)c1cc(Br)cc(Br)c1O. The van der Waals surface area contributed by atoms with Gasteiger partial charge in [0.15, 0.2) is 6.10 Å². The first-order chi connectivity index (χ1) is 14.9. The fourth-order valence-corrected chi connectivity index (χ4v) is 4.65. The number of nitrogens with one attached hydrogen (secondary N) is 1. The van der Waals surface area contributed by atoms with E-state index in [4.69, 9.17) is 9.47 Å². The molecule has 0 aliphatic carbocycles. The molecule has 2 atom stereocenters. The van der Waals surface area contributed by atoms with E-state index in [1.54, 1.807) is 18.2 Å². The van der Waals surface area contributed by atoms with E-state index in [1.165, 1.54) is 0 Å². The van der Waals surface area contributed by atoms with Gasteiger partial charge in [0, 0.05) is 35.1 Å². The summed E-state index contributed by atoms with van der Waals surface area (Å²) in [5, 5.41) is 24.8. The number of anilines is 1. The fraction of sp³-hybridized carbons (Fsp3) is 0.261. The number of aliphatic hydroxyl groups is 1. The van der Waals surface area contributed by atoms with E-state index in [0.717, 1.165) is 10.8 Å². The molecule has 31 heavy (non-hydrogen) atoms. The van der Waals surface area contributed by atoms with E-state index in [0.29, 0.717) is 26.8 Å². The number of hydrogen-bond donors (Lipinski definition) is 3. The number of aromatic hydroxyl groups is 1. The molecule has 0 saturated heterocycles. The van der Waals surface area contributed by atoms with Crippen LogP contribution in [0.4, 0.5) is 10.5 Å². The van der Waals surface area contributed by atoms with Gasteiger partial charge in [-0.25, -0.2) is 4.79 Å². The Labute approximate surface area is 197 Å². The molecule has 0 heterocycles. The van der Waals surface area contributed by atoms with Gasteiger partial charge in [-0.2, -0.15) is 0 Å². The van der Waals surface area contributed by atoms with Gasteiger partial charge in [-0.1, -0.05) is 52.3 Å². The van der Waals surface area contributed by atoms with E-state index in [1.807, 2.05) is 43.3 Å². The van der Waals surface area contributed by atoms with Gasteiger partial charge in [0.2, 0.25) is 0 Å². The summed E-state index contributed by atoms with van der Waals surface area (Å²) in [4.78, 5) is 12.9. The minimum Gasteiger partial charge on any atom is -0.506 e. The maximum atomic E-state index is 12.9. The molecule has 0 radical (unpaired) electrons. The van der Waals surface area contributed by atoms with Crippen molar-refractivity contribution in [2.45, 2.75) is 25.6 Å². The van der Waals surface area contributed by atoms with Crippen LogP contribution in [-0.2, 0) is 9.47 Å². The van der Waals surface area contributed by atoms with Crippen LogP contribution in [0.2, 0.25) is 0 Å². The van der Waals surface area contributed by atoms with Gasteiger partial charge in [-0.15, -0.1) is 0 Å². The minimum atomic E-state index is -0.948. The van der Waals surface area contributed by atoms with Crippen molar-refractivity contribution in [3.63, 3.8) is 0 Å². The average molecular weight is 553 g/mol. The third-order valence-corrected chi connectivity index (χ3v) is 5.82. The highest BCUT2D eigenvalue weighted by Gasteiger charge is 2.31. The summed E-state index contributed by atoms with van der Waals surface area (Å²) in [6, 6.07) is 16.6. The quantitative estimate of drug-likeness (QED) is 0.312. The monoisotopic (exact) mass is 551 g/mol. The number of benzene rings is 3. The molecule has 0 aliphatic rings. The zero-order valence-corrected chi connectivity index (χ0v) is 20.0. The Bertz CT molecular complexity index is 1050. The molecule has 3 N–H and O–H groups in total. The van der Waals surface area contributed by atoms with Crippen molar-refractivity contribution >= 4 is 54.4 Å². The zero-order valence-electron chi connectivity index (χ0n) is 16.8. The van der Waals surface area contributed by atoms with E-state index >= 15 is 0 Å². The second-order valence-corrected chi connectivity index (χ2v) is 8.58. The lowest BCUT2D eigenvalue weighted by atomic mass is 10.0. The number of carbonyl (C=O) groups is 1. The van der Waals surface area contributed by atoms with Crippen LogP contribution in [0.25, 0.3) is 10.8 Å². The predicted molar refractivity (Wildman–Crippen MR) is 127 cm³/mol. The maximum absolute atomic E-state index is 12.9. The highest BCUT2D eigenvalue weighted by Crippen LogP contribution is 2.39. The number of amides is 1. The number of carbonyl (C=O) groups excluding carboxylic acids is 1. The van der Waals surface area contributed by atoms with Crippen LogP contribution in [-0.4, -0.2) is 35.6 Å². The summed E-state index contributed by atoms with van der Waals surface area (Å²) in [6.45, 7) is 2.01. The standard InChI is InChI=1S/C23H23Br2NO5/c1-2-30-20(10-11-27)22(17-12-15(24)13-18(25)21(17)28)31-23(29)26-19-9-5-7-14-6-3-4-8-16(14)19/h3-9,12-13,20,22,27-28H,2,10-11H2,1H3,(H,26,29)/t20-,22-/m0/s1. The highest BCUT2D eigenvalue weighted by atomic mass is 79.9. The molecule has 0 bridgehead atoms. The summed E-state index contributed by atoms with van der Waals surface area (Å²) in [6.07, 6.45) is -2.07. The molecule has 164 valence electrons. The number of halogens is 2. The van der Waals surface area contributed by atoms with Crippen molar-refractivity contribution < 1.29 is 24.5 Å². The van der Waals surface area contributed by atoms with Crippen molar-refractivity contribution in [3.05, 3.63) is 69.1 Å². The van der Waals surface area contributed by atoms with Crippen LogP contribution in [0, 0.1) is 0 Å². The van der Waals surface area contributed by atoms with E-state index in [-0.39, 0.29) is 18.8 Å². The third kappa shape index (κ3) is 5.77. The van der Waals surface area contributed by atoms with Gasteiger partial charge in [0.1, 0.15) is 11.9 Å². The van der Waals surface area contributed by atoms with Crippen molar-refractivity contribution in [1.82, 2.24) is 0 Å². The Morgan fingerprint density at radius 1 is 1.13 bits per heavy atom. The Kier molecular flexibility index (Phi) is 8.31. The summed E-state index contributed by atoms with van der Waals surface area (Å²) < 4.78 is 12.6. The molecular formula is C23H23Br2NO5. The Hall–Kier alpha value is -2.13. The molecule has 0 fully saturated rings. The minimum absolute atomic E-state index is 0.0613. The highest BCUT2D eigenvalue weighted by molar-refractivity contribution is 9.11. The molecule has 0 aliphatic heterocycles. The van der Waals surface area contributed by atoms with Crippen LogP contribution >= 0.6 is 31.9 Å². The lowest BCUT2D eigenvalue weighted by Crippen LogP contribution is -2.30. The molecule has 0 saturated carbocycles. The molecular weight excluding hydrogens is 530 g/mol. The van der Waals surface area contributed by atoms with Gasteiger partial charge >= 0.3 is 6.09 Å². The van der Waals surface area contributed by atoms with Crippen molar-refractivity contribution in [1.29, 1.82) is 0 Å². The lowest BCUT2D eigenvalue weighted by Gasteiger charge is -2.28. The van der Waals surface area contributed by atoms with Crippen molar-refractivity contribution in [2.75, 3.05) is 18.5 Å². The fourth-order valence-electron chi connectivity index (χ4n) is 3.39. The van der Waals surface area contributed by atoms with Crippen LogP contribution in [0.1, 0.15) is 25.0 Å². The van der Waals surface area contributed by atoms with Gasteiger partial charge in [0.25, 0.3) is 0 Å². The molecule has 6 nitrogen and oxygen atoms in total.